The van der Waals surface area contributed by atoms with E-state index in [-0.39, 0.29) is 24.2 Å². The minimum absolute atomic E-state index is 0.0267. The number of aliphatic hydroxyl groups excluding tert-OH is 2. The first kappa shape index (κ1) is 23.4. The zero-order valence-electron chi connectivity index (χ0n) is 19.5. The van der Waals surface area contributed by atoms with Gasteiger partial charge in [-0.3, -0.25) is 4.79 Å². The first-order valence-electron chi connectivity index (χ1n) is 12.3. The van der Waals surface area contributed by atoms with Gasteiger partial charge >= 0.3 is 0 Å². The smallest absolute Gasteiger partial charge is 0.227 e. The molecule has 0 bridgehead atoms. The maximum atomic E-state index is 13.9. The molecule has 2 N–H and O–H groups in total. The molecule has 2 atom stereocenters. The Morgan fingerprint density at radius 2 is 1.94 bits per heavy atom. The number of amides is 1. The highest BCUT2D eigenvalue weighted by molar-refractivity contribution is 5.79. The summed E-state index contributed by atoms with van der Waals surface area (Å²) in [6, 6.07) is 12.7. The van der Waals surface area contributed by atoms with Crippen molar-refractivity contribution in [3.8, 4) is 0 Å². The second kappa shape index (κ2) is 9.74. The van der Waals surface area contributed by atoms with Crippen molar-refractivity contribution in [1.82, 2.24) is 9.80 Å². The summed E-state index contributed by atoms with van der Waals surface area (Å²) in [5.74, 6) is -0.382. The van der Waals surface area contributed by atoms with E-state index in [1.54, 1.807) is 11.0 Å². The maximum Gasteiger partial charge on any atom is 0.227 e. The van der Waals surface area contributed by atoms with Crippen LogP contribution in [0, 0.1) is 11.7 Å². The molecule has 1 amide bonds. The minimum Gasteiger partial charge on any atom is -0.392 e. The molecule has 1 unspecified atom stereocenters. The first-order valence-corrected chi connectivity index (χ1v) is 12.3. The SMILES string of the molecule is O=C(C(Cc1cccc(CO)c1)CN1CCC2(CC1)OCc1ccc(F)cc12)N1CC[C@@H](O)C1. The number of β-amino-alcohol motifs (C(OH)–C–C–N with tert-alkyl or cyclic N) is 1. The fourth-order valence-corrected chi connectivity index (χ4v) is 5.78. The van der Waals surface area contributed by atoms with Crippen LogP contribution >= 0.6 is 0 Å². The molecule has 3 aliphatic heterocycles. The molecule has 34 heavy (non-hydrogen) atoms. The summed E-state index contributed by atoms with van der Waals surface area (Å²) in [7, 11) is 0. The molecule has 7 heteroatoms. The van der Waals surface area contributed by atoms with Gasteiger partial charge in [-0.2, -0.15) is 0 Å². The lowest BCUT2D eigenvalue weighted by Crippen LogP contribution is -2.47. The fraction of sp³-hybridized carbons (Fsp3) is 0.519. The Balaban J connectivity index is 1.29. The molecule has 1 spiro atoms. The van der Waals surface area contributed by atoms with Gasteiger partial charge in [0.05, 0.1) is 30.8 Å². The Kier molecular flexibility index (Phi) is 6.71. The number of carbonyl (C=O) groups is 1. The van der Waals surface area contributed by atoms with E-state index in [0.717, 1.165) is 48.2 Å². The highest BCUT2D eigenvalue weighted by atomic mass is 19.1. The molecule has 2 aromatic rings. The minimum atomic E-state index is -0.447. The van der Waals surface area contributed by atoms with Crippen molar-refractivity contribution in [2.24, 2.45) is 5.92 Å². The standard InChI is InChI=1S/C27H33FN2O4/c28-23-5-4-21-18-34-27(25(21)14-23)7-10-29(11-8-27)15-22(26(33)30-9-6-24(32)16-30)13-19-2-1-3-20(12-19)17-31/h1-5,12,14,22,24,31-32H,6-11,13,15-18H2/t22?,24-/m1/s1. The van der Waals surface area contributed by atoms with E-state index in [1.807, 2.05) is 30.3 Å². The van der Waals surface area contributed by atoms with Crippen LogP contribution in [0.25, 0.3) is 0 Å². The number of halogens is 1. The summed E-state index contributed by atoms with van der Waals surface area (Å²) < 4.78 is 20.1. The second-order valence-electron chi connectivity index (χ2n) is 9.99. The van der Waals surface area contributed by atoms with E-state index in [0.29, 0.717) is 39.1 Å². The third kappa shape index (κ3) is 4.75. The van der Waals surface area contributed by atoms with Crippen LogP contribution in [0.5, 0.6) is 0 Å². The van der Waals surface area contributed by atoms with Crippen molar-refractivity contribution in [3.63, 3.8) is 0 Å². The predicted molar refractivity (Wildman–Crippen MR) is 125 cm³/mol. The summed E-state index contributed by atoms with van der Waals surface area (Å²) in [6.07, 6.45) is 2.31. The average molecular weight is 469 g/mol. The van der Waals surface area contributed by atoms with E-state index >= 15 is 0 Å². The summed E-state index contributed by atoms with van der Waals surface area (Å²) in [4.78, 5) is 17.6. The second-order valence-corrected chi connectivity index (χ2v) is 9.99. The molecule has 2 aromatic carbocycles. The van der Waals surface area contributed by atoms with Crippen LogP contribution < -0.4 is 0 Å². The molecule has 182 valence electrons. The molecule has 0 aliphatic carbocycles. The Bertz CT molecular complexity index is 1040. The number of carbonyl (C=O) groups excluding carboxylic acids is 1. The van der Waals surface area contributed by atoms with Crippen molar-refractivity contribution in [3.05, 3.63) is 70.5 Å². The number of aliphatic hydroxyl groups is 2. The number of likely N-dealkylation sites (tertiary alicyclic amines) is 2. The Morgan fingerprint density at radius 1 is 1.15 bits per heavy atom. The molecular weight excluding hydrogens is 435 g/mol. The average Bonchev–Trinajstić information content (AvgIpc) is 3.43. The van der Waals surface area contributed by atoms with Gasteiger partial charge in [-0.15, -0.1) is 0 Å². The quantitative estimate of drug-likeness (QED) is 0.682. The lowest BCUT2D eigenvalue weighted by Gasteiger charge is -2.40. The number of rotatable bonds is 6. The maximum absolute atomic E-state index is 13.9. The fourth-order valence-electron chi connectivity index (χ4n) is 5.78. The first-order chi connectivity index (χ1) is 16.5. The van der Waals surface area contributed by atoms with Crippen molar-refractivity contribution in [2.45, 2.75) is 50.6 Å². The summed E-state index contributed by atoms with van der Waals surface area (Å²) in [5, 5.41) is 19.5. The molecule has 0 aromatic heterocycles. The van der Waals surface area contributed by atoms with Gasteiger partial charge in [-0.05, 0) is 60.1 Å². The molecule has 2 fully saturated rings. The van der Waals surface area contributed by atoms with Crippen LogP contribution in [0.1, 0.15) is 41.5 Å². The van der Waals surface area contributed by atoms with Crippen LogP contribution in [0.4, 0.5) is 4.39 Å². The molecule has 2 saturated heterocycles. The normalized spacial score (nSPS) is 22.8. The van der Waals surface area contributed by atoms with E-state index < -0.39 is 11.7 Å². The highest BCUT2D eigenvalue weighted by Crippen LogP contribution is 2.44. The summed E-state index contributed by atoms with van der Waals surface area (Å²) in [6.45, 7) is 3.66. The largest absolute Gasteiger partial charge is 0.392 e. The van der Waals surface area contributed by atoms with E-state index in [9.17, 15) is 19.4 Å². The van der Waals surface area contributed by atoms with Gasteiger partial charge in [-0.25, -0.2) is 4.39 Å². The highest BCUT2D eigenvalue weighted by Gasteiger charge is 2.43. The summed E-state index contributed by atoms with van der Waals surface area (Å²) >= 11 is 0. The third-order valence-electron chi connectivity index (χ3n) is 7.69. The van der Waals surface area contributed by atoms with Gasteiger partial charge in [0.2, 0.25) is 5.91 Å². The molecule has 0 radical (unpaired) electrons. The van der Waals surface area contributed by atoms with Crippen LogP contribution in [-0.2, 0) is 34.8 Å². The van der Waals surface area contributed by atoms with E-state index in [1.165, 1.54) is 6.07 Å². The van der Waals surface area contributed by atoms with Gasteiger partial charge < -0.3 is 24.7 Å². The Hall–Kier alpha value is -2.32. The molecule has 6 nitrogen and oxygen atoms in total. The van der Waals surface area contributed by atoms with Crippen molar-refractivity contribution >= 4 is 5.91 Å². The number of piperidine rings is 1. The third-order valence-corrected chi connectivity index (χ3v) is 7.69. The van der Waals surface area contributed by atoms with Crippen molar-refractivity contribution < 1.29 is 24.1 Å². The number of hydrogen-bond acceptors (Lipinski definition) is 5. The van der Waals surface area contributed by atoms with E-state index in [4.69, 9.17) is 4.74 Å². The molecule has 0 saturated carbocycles. The zero-order valence-corrected chi connectivity index (χ0v) is 19.5. The van der Waals surface area contributed by atoms with Gasteiger partial charge in [0.1, 0.15) is 5.82 Å². The molecule has 3 aliphatic rings. The molecular formula is C27H33FN2O4. The number of nitrogens with zero attached hydrogens (tertiary/aromatic N) is 2. The Morgan fingerprint density at radius 3 is 2.68 bits per heavy atom. The summed E-state index contributed by atoms with van der Waals surface area (Å²) in [5.41, 5.74) is 3.49. The van der Waals surface area contributed by atoms with Crippen LogP contribution in [-0.4, -0.2) is 64.7 Å². The zero-order chi connectivity index (χ0) is 23.7. The topological polar surface area (TPSA) is 73.2 Å². The van der Waals surface area contributed by atoms with Crippen molar-refractivity contribution in [1.29, 1.82) is 0 Å². The lowest BCUT2D eigenvalue weighted by atomic mass is 9.83. The van der Waals surface area contributed by atoms with Gasteiger partial charge in [0, 0.05) is 32.7 Å². The molecule has 5 rings (SSSR count). The number of fused-ring (bicyclic) bond motifs is 2. The molecule has 3 heterocycles. The lowest BCUT2D eigenvalue weighted by molar-refractivity contribution is -0.136. The van der Waals surface area contributed by atoms with E-state index in [2.05, 4.69) is 4.90 Å². The number of hydrogen-bond donors (Lipinski definition) is 2. The van der Waals surface area contributed by atoms with Crippen LogP contribution in [0.2, 0.25) is 0 Å². The van der Waals surface area contributed by atoms with Gasteiger partial charge in [0.25, 0.3) is 0 Å². The predicted octanol–water partition coefficient (Wildman–Crippen LogP) is 2.59. The number of benzene rings is 2. The Labute approximate surface area is 199 Å². The van der Waals surface area contributed by atoms with Crippen LogP contribution in [0.15, 0.2) is 42.5 Å². The number of ether oxygens (including phenoxy) is 1. The van der Waals surface area contributed by atoms with Crippen molar-refractivity contribution in [2.75, 3.05) is 32.7 Å². The van der Waals surface area contributed by atoms with Gasteiger partial charge in [0.15, 0.2) is 0 Å². The van der Waals surface area contributed by atoms with Crippen LogP contribution in [0.3, 0.4) is 0 Å². The van der Waals surface area contributed by atoms with Gasteiger partial charge in [-0.1, -0.05) is 30.3 Å². The monoisotopic (exact) mass is 468 g/mol.